The molecule has 0 atom stereocenters. The van der Waals surface area contributed by atoms with E-state index in [0.29, 0.717) is 11.9 Å². The van der Waals surface area contributed by atoms with Crippen LogP contribution in [0.1, 0.15) is 13.8 Å². The molecule has 0 aliphatic heterocycles. The predicted molar refractivity (Wildman–Crippen MR) is 45.6 cm³/mol. The monoisotopic (exact) mass is 168 g/mol. The summed E-state index contributed by atoms with van der Waals surface area (Å²) in [6, 6.07) is 0. The minimum atomic E-state index is -0.381. The average molecular weight is 168 g/mol. The summed E-state index contributed by atoms with van der Waals surface area (Å²) in [7, 11) is 1.32. The van der Waals surface area contributed by atoms with Gasteiger partial charge in [-0.05, 0) is 31.6 Å². The van der Waals surface area contributed by atoms with Crippen LogP contribution in [0.4, 0.5) is 0 Å². The molecule has 0 spiro atoms. The number of esters is 1. The molecule has 0 saturated heterocycles. The summed E-state index contributed by atoms with van der Waals surface area (Å²) in [6.07, 6.45) is 3.66. The van der Waals surface area contributed by atoms with Crippen molar-refractivity contribution in [2.24, 2.45) is 0 Å². The van der Waals surface area contributed by atoms with Crippen molar-refractivity contribution < 1.29 is 14.3 Å². The normalized spacial score (nSPS) is 12.6. The summed E-state index contributed by atoms with van der Waals surface area (Å²) < 4.78 is 4.47. The SMILES string of the molecule is COC(=O)C(C)=CC(C)=CC=O. The molecule has 0 rings (SSSR count). The Bertz CT molecular complexity index is 236. The molecule has 0 aromatic rings. The first-order valence-corrected chi connectivity index (χ1v) is 3.50. The molecule has 0 aromatic heterocycles. The van der Waals surface area contributed by atoms with Crippen molar-refractivity contribution in [2.75, 3.05) is 7.11 Å². The van der Waals surface area contributed by atoms with Crippen LogP contribution < -0.4 is 0 Å². The highest BCUT2D eigenvalue weighted by Gasteiger charge is 2.01. The maximum Gasteiger partial charge on any atom is 0.333 e. The van der Waals surface area contributed by atoms with Gasteiger partial charge in [-0.1, -0.05) is 0 Å². The molecule has 0 radical (unpaired) electrons. The van der Waals surface area contributed by atoms with Crippen molar-refractivity contribution in [2.45, 2.75) is 13.8 Å². The molecule has 3 heteroatoms. The van der Waals surface area contributed by atoms with Crippen molar-refractivity contribution in [1.82, 2.24) is 0 Å². The van der Waals surface area contributed by atoms with Gasteiger partial charge in [-0.15, -0.1) is 0 Å². The molecule has 0 bridgehead atoms. The summed E-state index contributed by atoms with van der Waals surface area (Å²) in [6.45, 7) is 3.37. The fraction of sp³-hybridized carbons (Fsp3) is 0.333. The third-order valence-electron chi connectivity index (χ3n) is 1.28. The van der Waals surface area contributed by atoms with Crippen LogP contribution in [0.2, 0.25) is 0 Å². The van der Waals surface area contributed by atoms with Crippen LogP contribution in [0, 0.1) is 0 Å². The van der Waals surface area contributed by atoms with Gasteiger partial charge in [0.05, 0.1) is 7.11 Å². The Morgan fingerprint density at radius 2 is 1.92 bits per heavy atom. The topological polar surface area (TPSA) is 43.4 Å². The molecule has 0 aromatic carbocycles. The molecular weight excluding hydrogens is 156 g/mol. The van der Waals surface area contributed by atoms with Crippen LogP contribution >= 0.6 is 0 Å². The molecule has 0 unspecified atom stereocenters. The number of methoxy groups -OCH3 is 1. The van der Waals surface area contributed by atoms with E-state index in [1.54, 1.807) is 19.9 Å². The van der Waals surface area contributed by atoms with Gasteiger partial charge in [-0.25, -0.2) is 4.79 Å². The van der Waals surface area contributed by atoms with E-state index in [9.17, 15) is 9.59 Å². The first-order valence-electron chi connectivity index (χ1n) is 3.50. The van der Waals surface area contributed by atoms with Gasteiger partial charge in [0.25, 0.3) is 0 Å². The van der Waals surface area contributed by atoms with Crippen LogP contribution in [0.5, 0.6) is 0 Å². The molecule has 0 aliphatic carbocycles. The van der Waals surface area contributed by atoms with E-state index in [-0.39, 0.29) is 5.97 Å². The van der Waals surface area contributed by atoms with Gasteiger partial charge in [-0.3, -0.25) is 4.79 Å². The first kappa shape index (κ1) is 10.6. The van der Waals surface area contributed by atoms with E-state index >= 15 is 0 Å². The molecule has 66 valence electrons. The van der Waals surface area contributed by atoms with Gasteiger partial charge in [0.15, 0.2) is 0 Å². The lowest BCUT2D eigenvalue weighted by Crippen LogP contribution is -2.01. The van der Waals surface area contributed by atoms with Gasteiger partial charge in [0, 0.05) is 5.57 Å². The average Bonchev–Trinajstić information content (AvgIpc) is 2.03. The number of ether oxygens (including phenoxy) is 1. The van der Waals surface area contributed by atoms with Gasteiger partial charge in [0.1, 0.15) is 6.29 Å². The minimum absolute atomic E-state index is 0.381. The van der Waals surface area contributed by atoms with Crippen molar-refractivity contribution in [3.8, 4) is 0 Å². The Balaban J connectivity index is 4.45. The Hall–Kier alpha value is -1.38. The second kappa shape index (κ2) is 5.29. The van der Waals surface area contributed by atoms with Crippen LogP contribution in [0.25, 0.3) is 0 Å². The molecule has 0 saturated carbocycles. The molecule has 3 nitrogen and oxygen atoms in total. The van der Waals surface area contributed by atoms with Gasteiger partial charge in [-0.2, -0.15) is 0 Å². The highest BCUT2D eigenvalue weighted by atomic mass is 16.5. The maximum atomic E-state index is 10.8. The quantitative estimate of drug-likeness (QED) is 0.276. The molecular formula is C9H12O3. The third kappa shape index (κ3) is 3.71. The first-order chi connectivity index (χ1) is 5.61. The number of carbonyl (C=O) groups excluding carboxylic acids is 2. The largest absolute Gasteiger partial charge is 0.466 e. The standard InChI is InChI=1S/C9H12O3/c1-7(4-5-10)6-8(2)9(11)12-3/h4-6H,1-3H3. The summed E-state index contributed by atoms with van der Waals surface area (Å²) in [5.74, 6) is -0.381. The van der Waals surface area contributed by atoms with Gasteiger partial charge < -0.3 is 4.74 Å². The fourth-order valence-electron chi connectivity index (χ4n) is 0.717. The van der Waals surface area contributed by atoms with Gasteiger partial charge in [0.2, 0.25) is 0 Å². The van der Waals surface area contributed by atoms with Crippen molar-refractivity contribution in [1.29, 1.82) is 0 Å². The predicted octanol–water partition coefficient (Wildman–Crippen LogP) is 1.25. The molecule has 0 amide bonds. The maximum absolute atomic E-state index is 10.8. The lowest BCUT2D eigenvalue weighted by Gasteiger charge is -1.97. The van der Waals surface area contributed by atoms with E-state index in [1.807, 2.05) is 0 Å². The second-order valence-corrected chi connectivity index (χ2v) is 2.37. The van der Waals surface area contributed by atoms with Crippen LogP contribution in [-0.2, 0) is 14.3 Å². The van der Waals surface area contributed by atoms with E-state index in [2.05, 4.69) is 4.74 Å². The van der Waals surface area contributed by atoms with E-state index in [1.165, 1.54) is 13.2 Å². The molecule has 0 N–H and O–H groups in total. The van der Waals surface area contributed by atoms with Crippen LogP contribution in [-0.4, -0.2) is 19.4 Å². The van der Waals surface area contributed by atoms with Crippen molar-refractivity contribution >= 4 is 12.3 Å². The zero-order chi connectivity index (χ0) is 9.56. The fourth-order valence-corrected chi connectivity index (χ4v) is 0.717. The Labute approximate surface area is 71.7 Å². The number of rotatable bonds is 3. The van der Waals surface area contributed by atoms with Crippen molar-refractivity contribution in [3.05, 3.63) is 23.3 Å². The molecule has 0 aliphatic rings. The zero-order valence-electron chi connectivity index (χ0n) is 7.46. The number of aldehydes is 1. The van der Waals surface area contributed by atoms with Gasteiger partial charge >= 0.3 is 5.97 Å². The molecule has 12 heavy (non-hydrogen) atoms. The molecule has 0 heterocycles. The Morgan fingerprint density at radius 3 is 2.33 bits per heavy atom. The Kier molecular flexibility index (Phi) is 4.69. The summed E-state index contributed by atoms with van der Waals surface area (Å²) in [5, 5.41) is 0. The smallest absolute Gasteiger partial charge is 0.333 e. The summed E-state index contributed by atoms with van der Waals surface area (Å²) >= 11 is 0. The van der Waals surface area contributed by atoms with Crippen molar-refractivity contribution in [3.63, 3.8) is 0 Å². The lowest BCUT2D eigenvalue weighted by atomic mass is 10.2. The van der Waals surface area contributed by atoms with E-state index in [4.69, 9.17) is 0 Å². The Morgan fingerprint density at radius 1 is 1.33 bits per heavy atom. The van der Waals surface area contributed by atoms with E-state index in [0.717, 1.165) is 5.57 Å². The van der Waals surface area contributed by atoms with Crippen LogP contribution in [0.15, 0.2) is 23.3 Å². The lowest BCUT2D eigenvalue weighted by molar-refractivity contribution is -0.136. The van der Waals surface area contributed by atoms with Crippen LogP contribution in [0.3, 0.4) is 0 Å². The summed E-state index contributed by atoms with van der Waals surface area (Å²) in [5.41, 5.74) is 1.21. The molecule has 0 fully saturated rings. The number of hydrogen-bond acceptors (Lipinski definition) is 3. The summed E-state index contributed by atoms with van der Waals surface area (Å²) in [4.78, 5) is 20.9. The minimum Gasteiger partial charge on any atom is -0.466 e. The second-order valence-electron chi connectivity index (χ2n) is 2.37. The zero-order valence-corrected chi connectivity index (χ0v) is 7.46. The van der Waals surface area contributed by atoms with E-state index < -0.39 is 0 Å². The number of hydrogen-bond donors (Lipinski definition) is 0. The third-order valence-corrected chi connectivity index (χ3v) is 1.28. The number of carbonyl (C=O) groups is 2. The number of allylic oxidation sites excluding steroid dienone is 3. The highest BCUT2D eigenvalue weighted by Crippen LogP contribution is 2.01. The highest BCUT2D eigenvalue weighted by molar-refractivity contribution is 5.88.